The predicted octanol–water partition coefficient (Wildman–Crippen LogP) is 0.946. The summed E-state index contributed by atoms with van der Waals surface area (Å²) in [7, 11) is 1.91. The van der Waals surface area contributed by atoms with Gasteiger partial charge in [-0.25, -0.2) is 0 Å². The molecule has 4 heteroatoms. The zero-order valence-corrected chi connectivity index (χ0v) is 11.7. The molecule has 4 nitrogen and oxygen atoms in total. The van der Waals surface area contributed by atoms with Gasteiger partial charge in [-0.1, -0.05) is 13.8 Å². The first-order chi connectivity index (χ1) is 7.79. The molecule has 0 spiro atoms. The van der Waals surface area contributed by atoms with Gasteiger partial charge in [-0.2, -0.15) is 0 Å². The summed E-state index contributed by atoms with van der Waals surface area (Å²) in [4.78, 5) is 16.4. The van der Waals surface area contributed by atoms with Crippen molar-refractivity contribution in [2.75, 3.05) is 26.7 Å². The maximum absolute atomic E-state index is 12.5. The van der Waals surface area contributed by atoms with Gasteiger partial charge in [0.1, 0.15) is 6.04 Å². The highest BCUT2D eigenvalue weighted by atomic mass is 16.3. The first-order valence-corrected chi connectivity index (χ1v) is 6.42. The Morgan fingerprint density at radius 3 is 2.53 bits per heavy atom. The van der Waals surface area contributed by atoms with Gasteiger partial charge >= 0.3 is 0 Å². The molecule has 1 heterocycles. The molecular weight excluding hydrogens is 216 g/mol. The van der Waals surface area contributed by atoms with E-state index in [1.54, 1.807) is 0 Å². The maximum atomic E-state index is 12.5. The van der Waals surface area contributed by atoms with Crippen molar-refractivity contribution in [1.29, 1.82) is 0 Å². The molecule has 100 valence electrons. The summed E-state index contributed by atoms with van der Waals surface area (Å²) in [5.41, 5.74) is -0.125. The van der Waals surface area contributed by atoms with E-state index in [9.17, 15) is 9.90 Å². The van der Waals surface area contributed by atoms with Crippen LogP contribution in [-0.2, 0) is 4.79 Å². The molecule has 0 aromatic rings. The van der Waals surface area contributed by atoms with Gasteiger partial charge in [-0.05, 0) is 33.2 Å². The molecule has 17 heavy (non-hydrogen) atoms. The summed E-state index contributed by atoms with van der Waals surface area (Å²) in [6.45, 7) is 9.97. The van der Waals surface area contributed by atoms with Crippen molar-refractivity contribution >= 4 is 5.91 Å². The van der Waals surface area contributed by atoms with E-state index in [4.69, 9.17) is 0 Å². The summed E-state index contributed by atoms with van der Waals surface area (Å²) in [5, 5.41) is 9.39. The van der Waals surface area contributed by atoms with Crippen LogP contribution in [0.1, 0.15) is 34.1 Å². The molecule has 0 bridgehead atoms. The molecule has 0 aromatic carbocycles. The molecule has 1 N–H and O–H groups in total. The molecule has 0 aliphatic carbocycles. The van der Waals surface area contributed by atoms with Gasteiger partial charge in [0.25, 0.3) is 0 Å². The lowest BCUT2D eigenvalue weighted by Crippen LogP contribution is -2.53. The van der Waals surface area contributed by atoms with Gasteiger partial charge in [0.05, 0.1) is 6.61 Å². The van der Waals surface area contributed by atoms with Gasteiger partial charge in [0.2, 0.25) is 5.91 Å². The standard InChI is InChI=1S/C13H26N2O2/c1-10(2)8-15-12(17)11(9-16)14(5)7-6-13(15,3)4/h10-11,16H,6-9H2,1-5H3. The van der Waals surface area contributed by atoms with Crippen molar-refractivity contribution in [3.05, 3.63) is 0 Å². The third-order valence-electron chi connectivity index (χ3n) is 3.61. The summed E-state index contributed by atoms with van der Waals surface area (Å²) in [6.07, 6.45) is 0.943. The highest BCUT2D eigenvalue weighted by Crippen LogP contribution is 2.26. The van der Waals surface area contributed by atoms with Crippen LogP contribution in [0.5, 0.6) is 0 Å². The van der Waals surface area contributed by atoms with Crippen molar-refractivity contribution < 1.29 is 9.90 Å². The van der Waals surface area contributed by atoms with Crippen molar-refractivity contribution in [3.8, 4) is 0 Å². The number of aliphatic hydroxyl groups excluding tert-OH is 1. The first-order valence-electron chi connectivity index (χ1n) is 6.42. The van der Waals surface area contributed by atoms with Crippen LogP contribution in [0.25, 0.3) is 0 Å². The Morgan fingerprint density at radius 1 is 1.47 bits per heavy atom. The van der Waals surface area contributed by atoms with E-state index >= 15 is 0 Å². The number of amides is 1. The van der Waals surface area contributed by atoms with Crippen molar-refractivity contribution in [2.45, 2.75) is 45.7 Å². The van der Waals surface area contributed by atoms with Crippen LogP contribution >= 0.6 is 0 Å². The van der Waals surface area contributed by atoms with Gasteiger partial charge in [0.15, 0.2) is 0 Å². The molecule has 1 unspecified atom stereocenters. The molecule has 0 saturated carbocycles. The van der Waals surface area contributed by atoms with Gasteiger partial charge in [-0.3, -0.25) is 9.69 Å². The summed E-state index contributed by atoms with van der Waals surface area (Å²) in [6, 6.07) is -0.379. The van der Waals surface area contributed by atoms with E-state index in [1.165, 1.54) is 0 Å². The van der Waals surface area contributed by atoms with Crippen LogP contribution in [0, 0.1) is 5.92 Å². The highest BCUT2D eigenvalue weighted by molar-refractivity contribution is 5.83. The number of carbonyl (C=O) groups excluding carboxylic acids is 1. The van der Waals surface area contributed by atoms with Crippen LogP contribution in [0.2, 0.25) is 0 Å². The molecule has 1 aliphatic rings. The Balaban J connectivity index is 2.98. The van der Waals surface area contributed by atoms with E-state index in [0.29, 0.717) is 5.92 Å². The smallest absolute Gasteiger partial charge is 0.242 e. The lowest BCUT2D eigenvalue weighted by Gasteiger charge is -2.39. The Morgan fingerprint density at radius 2 is 2.06 bits per heavy atom. The summed E-state index contributed by atoms with van der Waals surface area (Å²) < 4.78 is 0. The normalized spacial score (nSPS) is 26.4. The molecular formula is C13H26N2O2. The van der Waals surface area contributed by atoms with Crippen molar-refractivity contribution in [2.24, 2.45) is 5.92 Å². The average Bonchev–Trinajstić information content (AvgIpc) is 2.29. The van der Waals surface area contributed by atoms with Gasteiger partial charge in [0, 0.05) is 18.6 Å². The van der Waals surface area contributed by atoms with Crippen LogP contribution in [-0.4, -0.2) is 59.1 Å². The molecule has 1 fully saturated rings. The van der Waals surface area contributed by atoms with Gasteiger partial charge < -0.3 is 10.0 Å². The highest BCUT2D eigenvalue weighted by Gasteiger charge is 2.39. The van der Waals surface area contributed by atoms with Crippen LogP contribution in [0.4, 0.5) is 0 Å². The fourth-order valence-corrected chi connectivity index (χ4v) is 2.33. The number of carbonyl (C=O) groups is 1. The molecule has 1 atom stereocenters. The second-order valence-electron chi connectivity index (χ2n) is 6.08. The van der Waals surface area contributed by atoms with Crippen LogP contribution < -0.4 is 0 Å². The Labute approximate surface area is 105 Å². The minimum Gasteiger partial charge on any atom is -0.394 e. The Hall–Kier alpha value is -0.610. The van der Waals surface area contributed by atoms with Crippen LogP contribution in [0.3, 0.4) is 0 Å². The molecule has 0 aromatic heterocycles. The maximum Gasteiger partial charge on any atom is 0.242 e. The minimum absolute atomic E-state index is 0.0613. The fraction of sp³-hybridized carbons (Fsp3) is 0.923. The van der Waals surface area contributed by atoms with Crippen molar-refractivity contribution in [3.63, 3.8) is 0 Å². The molecule has 1 rings (SSSR count). The number of nitrogens with zero attached hydrogens (tertiary/aromatic N) is 2. The SMILES string of the molecule is CC(C)CN1C(=O)C(CO)N(C)CCC1(C)C. The molecule has 1 saturated heterocycles. The third kappa shape index (κ3) is 3.19. The summed E-state index contributed by atoms with van der Waals surface area (Å²) in [5.74, 6) is 0.507. The summed E-state index contributed by atoms with van der Waals surface area (Å²) >= 11 is 0. The van der Waals surface area contributed by atoms with E-state index < -0.39 is 0 Å². The minimum atomic E-state index is -0.379. The lowest BCUT2D eigenvalue weighted by atomic mass is 9.97. The second kappa shape index (κ2) is 5.36. The molecule has 1 aliphatic heterocycles. The largest absolute Gasteiger partial charge is 0.394 e. The second-order valence-corrected chi connectivity index (χ2v) is 6.08. The van der Waals surface area contributed by atoms with Gasteiger partial charge in [-0.15, -0.1) is 0 Å². The number of likely N-dealkylation sites (N-methyl/N-ethyl adjacent to an activating group) is 1. The average molecular weight is 242 g/mol. The predicted molar refractivity (Wildman–Crippen MR) is 68.8 cm³/mol. The molecule has 0 radical (unpaired) electrons. The zero-order chi connectivity index (χ0) is 13.2. The Bertz CT molecular complexity index is 277. The quantitative estimate of drug-likeness (QED) is 0.801. The number of hydrogen-bond acceptors (Lipinski definition) is 3. The monoisotopic (exact) mass is 242 g/mol. The van der Waals surface area contributed by atoms with E-state index in [2.05, 4.69) is 27.7 Å². The van der Waals surface area contributed by atoms with E-state index in [0.717, 1.165) is 19.5 Å². The molecule has 1 amide bonds. The number of hydrogen-bond donors (Lipinski definition) is 1. The number of rotatable bonds is 3. The number of aliphatic hydroxyl groups is 1. The fourth-order valence-electron chi connectivity index (χ4n) is 2.33. The van der Waals surface area contributed by atoms with Crippen LogP contribution in [0.15, 0.2) is 0 Å². The first kappa shape index (κ1) is 14.5. The zero-order valence-electron chi connectivity index (χ0n) is 11.7. The Kier molecular flexibility index (Phi) is 4.55. The lowest BCUT2D eigenvalue weighted by molar-refractivity contribution is -0.141. The van der Waals surface area contributed by atoms with E-state index in [-0.39, 0.29) is 24.1 Å². The third-order valence-corrected chi connectivity index (χ3v) is 3.61. The topological polar surface area (TPSA) is 43.8 Å². The van der Waals surface area contributed by atoms with Crippen molar-refractivity contribution in [1.82, 2.24) is 9.80 Å². The van der Waals surface area contributed by atoms with E-state index in [1.807, 2.05) is 16.8 Å².